The summed E-state index contributed by atoms with van der Waals surface area (Å²) in [4.78, 5) is 26.6. The van der Waals surface area contributed by atoms with Gasteiger partial charge >= 0.3 is 5.97 Å². The monoisotopic (exact) mass is 289 g/mol. The smallest absolute Gasteiger partial charge is 0.357 e. The van der Waals surface area contributed by atoms with Gasteiger partial charge in [0.05, 0.1) is 17.2 Å². The lowest BCUT2D eigenvalue weighted by atomic mass is 10.2. The number of benzene rings is 1. The van der Waals surface area contributed by atoms with E-state index < -0.39 is 10.9 Å². The minimum Gasteiger partial charge on any atom is -0.461 e. The van der Waals surface area contributed by atoms with Crippen LogP contribution in [0.15, 0.2) is 24.3 Å². The van der Waals surface area contributed by atoms with Crippen LogP contribution in [0.5, 0.6) is 0 Å². The Balaban J connectivity index is 2.52. The highest BCUT2D eigenvalue weighted by molar-refractivity contribution is 5.89. The van der Waals surface area contributed by atoms with E-state index in [-0.39, 0.29) is 12.3 Å². The van der Waals surface area contributed by atoms with Crippen molar-refractivity contribution in [3.8, 4) is 5.69 Å². The third-order valence-electron chi connectivity index (χ3n) is 3.01. The van der Waals surface area contributed by atoms with Gasteiger partial charge in [0, 0.05) is 17.8 Å². The van der Waals surface area contributed by atoms with Crippen LogP contribution in [0.4, 0.5) is 5.69 Å². The summed E-state index contributed by atoms with van der Waals surface area (Å²) < 4.78 is 6.67. The lowest BCUT2D eigenvalue weighted by Crippen LogP contribution is -2.13. The SMILES string of the molecule is CCOC(=O)c1c(C)nc(C)n1-c1ccc([N+](=O)[O-])cc1. The number of hydrogen-bond donors (Lipinski definition) is 0. The number of aryl methyl sites for hydroxylation is 2. The Bertz CT molecular complexity index is 689. The molecule has 21 heavy (non-hydrogen) atoms. The first-order valence-corrected chi connectivity index (χ1v) is 6.43. The fourth-order valence-electron chi connectivity index (χ4n) is 2.15. The predicted molar refractivity (Wildman–Crippen MR) is 75.6 cm³/mol. The number of ether oxygens (including phenoxy) is 1. The Morgan fingerprint density at radius 2 is 1.95 bits per heavy atom. The van der Waals surface area contributed by atoms with E-state index in [4.69, 9.17) is 4.74 Å². The van der Waals surface area contributed by atoms with Crippen LogP contribution in [0.1, 0.15) is 28.9 Å². The Morgan fingerprint density at radius 1 is 1.33 bits per heavy atom. The maximum Gasteiger partial charge on any atom is 0.357 e. The molecular formula is C14H15N3O4. The van der Waals surface area contributed by atoms with Crippen molar-refractivity contribution >= 4 is 11.7 Å². The van der Waals surface area contributed by atoms with Crippen LogP contribution in [0.3, 0.4) is 0 Å². The molecule has 1 heterocycles. The molecule has 2 aromatic rings. The second-order valence-electron chi connectivity index (χ2n) is 4.42. The molecule has 0 radical (unpaired) electrons. The molecule has 0 fully saturated rings. The average Bonchev–Trinajstić information content (AvgIpc) is 2.73. The molecule has 2 rings (SSSR count). The number of imidazole rings is 1. The predicted octanol–water partition coefficient (Wildman–Crippen LogP) is 2.57. The molecule has 0 saturated heterocycles. The Morgan fingerprint density at radius 3 is 2.48 bits per heavy atom. The lowest BCUT2D eigenvalue weighted by Gasteiger charge is -2.10. The highest BCUT2D eigenvalue weighted by Gasteiger charge is 2.21. The fourth-order valence-corrected chi connectivity index (χ4v) is 2.15. The number of hydrogen-bond acceptors (Lipinski definition) is 5. The van der Waals surface area contributed by atoms with Crippen LogP contribution < -0.4 is 0 Å². The summed E-state index contributed by atoms with van der Waals surface area (Å²) in [5.74, 6) is 0.151. The molecule has 1 aromatic heterocycles. The number of rotatable bonds is 4. The minimum absolute atomic E-state index is 0.00840. The van der Waals surface area contributed by atoms with Gasteiger partial charge < -0.3 is 4.74 Å². The maximum atomic E-state index is 12.1. The van der Waals surface area contributed by atoms with Crippen molar-refractivity contribution in [1.82, 2.24) is 9.55 Å². The summed E-state index contributed by atoms with van der Waals surface area (Å²) in [5.41, 5.74) is 1.51. The number of esters is 1. The van der Waals surface area contributed by atoms with Crippen LogP contribution in [-0.4, -0.2) is 27.1 Å². The molecule has 0 amide bonds. The van der Waals surface area contributed by atoms with Gasteiger partial charge in [0.1, 0.15) is 5.82 Å². The molecule has 7 nitrogen and oxygen atoms in total. The topological polar surface area (TPSA) is 87.3 Å². The van der Waals surface area contributed by atoms with Crippen molar-refractivity contribution in [1.29, 1.82) is 0 Å². The van der Waals surface area contributed by atoms with Gasteiger partial charge in [-0.2, -0.15) is 0 Å². The van der Waals surface area contributed by atoms with E-state index >= 15 is 0 Å². The average molecular weight is 289 g/mol. The fraction of sp³-hybridized carbons (Fsp3) is 0.286. The molecule has 0 spiro atoms. The first-order valence-electron chi connectivity index (χ1n) is 6.43. The van der Waals surface area contributed by atoms with Gasteiger partial charge in [-0.3, -0.25) is 14.7 Å². The summed E-state index contributed by atoms with van der Waals surface area (Å²) in [6.45, 7) is 5.48. The van der Waals surface area contributed by atoms with Crippen LogP contribution in [0.2, 0.25) is 0 Å². The van der Waals surface area contributed by atoms with Crippen molar-refractivity contribution < 1.29 is 14.5 Å². The molecule has 0 atom stereocenters. The largest absolute Gasteiger partial charge is 0.461 e. The summed E-state index contributed by atoms with van der Waals surface area (Å²) in [7, 11) is 0. The van der Waals surface area contributed by atoms with Gasteiger partial charge in [0.25, 0.3) is 5.69 Å². The minimum atomic E-state index is -0.470. The van der Waals surface area contributed by atoms with E-state index in [0.29, 0.717) is 22.9 Å². The molecule has 1 aromatic carbocycles. The quantitative estimate of drug-likeness (QED) is 0.490. The van der Waals surface area contributed by atoms with Crippen LogP contribution in [0, 0.1) is 24.0 Å². The van der Waals surface area contributed by atoms with E-state index in [0.717, 1.165) is 0 Å². The Kier molecular flexibility index (Phi) is 4.02. The normalized spacial score (nSPS) is 10.4. The summed E-state index contributed by atoms with van der Waals surface area (Å²) >= 11 is 0. The third kappa shape index (κ3) is 2.76. The number of carbonyl (C=O) groups is 1. The Labute approximate surface area is 121 Å². The van der Waals surface area contributed by atoms with Gasteiger partial charge in [0.15, 0.2) is 5.69 Å². The van der Waals surface area contributed by atoms with E-state index in [1.165, 1.54) is 12.1 Å². The van der Waals surface area contributed by atoms with Gasteiger partial charge in [0.2, 0.25) is 0 Å². The van der Waals surface area contributed by atoms with E-state index in [2.05, 4.69) is 4.98 Å². The van der Waals surface area contributed by atoms with Crippen molar-refractivity contribution in [2.75, 3.05) is 6.61 Å². The molecule has 0 N–H and O–H groups in total. The lowest BCUT2D eigenvalue weighted by molar-refractivity contribution is -0.384. The van der Waals surface area contributed by atoms with Crippen LogP contribution >= 0.6 is 0 Å². The molecule has 110 valence electrons. The first kappa shape index (κ1) is 14.7. The molecule has 0 aliphatic rings. The molecule has 0 aliphatic carbocycles. The number of aromatic nitrogens is 2. The molecule has 7 heteroatoms. The van der Waals surface area contributed by atoms with Crippen molar-refractivity contribution in [3.63, 3.8) is 0 Å². The summed E-state index contributed by atoms with van der Waals surface area (Å²) in [6.07, 6.45) is 0. The number of nitrogens with zero attached hydrogens (tertiary/aromatic N) is 3. The second kappa shape index (κ2) is 5.74. The second-order valence-corrected chi connectivity index (χ2v) is 4.42. The number of nitro groups is 1. The maximum absolute atomic E-state index is 12.1. The van der Waals surface area contributed by atoms with Crippen LogP contribution in [0.25, 0.3) is 5.69 Å². The van der Waals surface area contributed by atoms with Crippen LogP contribution in [-0.2, 0) is 4.74 Å². The molecule has 0 unspecified atom stereocenters. The molecule has 0 bridgehead atoms. The molecular weight excluding hydrogens is 274 g/mol. The number of nitro benzene ring substituents is 1. The van der Waals surface area contributed by atoms with E-state index in [1.54, 1.807) is 37.5 Å². The van der Waals surface area contributed by atoms with Crippen molar-refractivity contribution in [2.45, 2.75) is 20.8 Å². The third-order valence-corrected chi connectivity index (χ3v) is 3.01. The highest BCUT2D eigenvalue weighted by atomic mass is 16.6. The van der Waals surface area contributed by atoms with Crippen molar-refractivity contribution in [3.05, 3.63) is 51.6 Å². The Hall–Kier alpha value is -2.70. The zero-order chi connectivity index (χ0) is 15.6. The van der Waals surface area contributed by atoms with Gasteiger partial charge in [-0.15, -0.1) is 0 Å². The van der Waals surface area contributed by atoms with Gasteiger partial charge in [-0.25, -0.2) is 9.78 Å². The zero-order valence-electron chi connectivity index (χ0n) is 12.0. The summed E-state index contributed by atoms with van der Waals surface area (Å²) in [6, 6.07) is 5.93. The first-order chi connectivity index (χ1) is 9.95. The van der Waals surface area contributed by atoms with E-state index in [1.807, 2.05) is 0 Å². The van der Waals surface area contributed by atoms with E-state index in [9.17, 15) is 14.9 Å². The van der Waals surface area contributed by atoms with Gasteiger partial charge in [-0.05, 0) is 32.9 Å². The highest BCUT2D eigenvalue weighted by Crippen LogP contribution is 2.21. The molecule has 0 saturated carbocycles. The standard InChI is InChI=1S/C14H15N3O4/c1-4-21-14(18)13-9(2)15-10(3)16(13)11-5-7-12(8-6-11)17(19)20/h5-8H,4H2,1-3H3. The van der Waals surface area contributed by atoms with Crippen molar-refractivity contribution in [2.24, 2.45) is 0 Å². The zero-order valence-corrected chi connectivity index (χ0v) is 12.0. The number of non-ortho nitro benzene ring substituents is 1. The summed E-state index contributed by atoms with van der Waals surface area (Å²) in [5, 5.41) is 10.7. The molecule has 0 aliphatic heterocycles. The number of carbonyl (C=O) groups excluding carboxylic acids is 1. The van der Waals surface area contributed by atoms with Gasteiger partial charge in [-0.1, -0.05) is 0 Å².